The van der Waals surface area contributed by atoms with Gasteiger partial charge in [0.05, 0.1) is 10.9 Å². The zero-order chi connectivity index (χ0) is 15.9. The van der Waals surface area contributed by atoms with Crippen LogP contribution in [-0.2, 0) is 10.0 Å². The Kier molecular flexibility index (Phi) is 3.43. The summed E-state index contributed by atoms with van der Waals surface area (Å²) in [4.78, 5) is 7.63. The Bertz CT molecular complexity index is 935. The first-order valence-corrected chi connectivity index (χ1v) is 9.10. The number of fused-ring (bicyclic) bond motifs is 1. The van der Waals surface area contributed by atoms with Gasteiger partial charge in [0.25, 0.3) is 0 Å². The number of imidazole rings is 1. The summed E-state index contributed by atoms with van der Waals surface area (Å²) in [5, 5.41) is 1.97. The summed E-state index contributed by atoms with van der Waals surface area (Å²) >= 11 is 0. The third kappa shape index (κ3) is 2.44. The maximum Gasteiger partial charge on any atom is 0.243 e. The molecule has 0 spiro atoms. The van der Waals surface area contributed by atoms with Crippen molar-refractivity contribution < 1.29 is 8.42 Å². The SMILES string of the molecule is O=S(=O)(c1ccc2ccccc2c1)N1CCC[C@@H]1c1ncc[nH]1. The smallest absolute Gasteiger partial charge is 0.243 e. The fraction of sp³-hybridized carbons (Fsp3) is 0.235. The monoisotopic (exact) mass is 327 g/mol. The highest BCUT2D eigenvalue weighted by atomic mass is 32.2. The zero-order valence-electron chi connectivity index (χ0n) is 12.5. The highest BCUT2D eigenvalue weighted by molar-refractivity contribution is 7.89. The molecule has 1 atom stereocenters. The molecule has 5 nitrogen and oxygen atoms in total. The van der Waals surface area contributed by atoms with Crippen LogP contribution in [0.4, 0.5) is 0 Å². The van der Waals surface area contributed by atoms with E-state index in [1.807, 2.05) is 30.3 Å². The molecule has 2 aromatic carbocycles. The molecule has 1 aliphatic rings. The number of rotatable bonds is 3. The van der Waals surface area contributed by atoms with Crippen molar-refractivity contribution in [3.8, 4) is 0 Å². The molecule has 1 N–H and O–H groups in total. The van der Waals surface area contributed by atoms with E-state index in [1.165, 1.54) is 0 Å². The molecule has 0 bridgehead atoms. The third-order valence-electron chi connectivity index (χ3n) is 4.37. The lowest BCUT2D eigenvalue weighted by molar-refractivity contribution is 0.385. The van der Waals surface area contributed by atoms with Crippen LogP contribution in [0.5, 0.6) is 0 Å². The van der Waals surface area contributed by atoms with E-state index in [-0.39, 0.29) is 6.04 Å². The van der Waals surface area contributed by atoms with Gasteiger partial charge in [0, 0.05) is 18.9 Å². The molecule has 2 heterocycles. The van der Waals surface area contributed by atoms with Crippen molar-refractivity contribution in [1.29, 1.82) is 0 Å². The molecule has 23 heavy (non-hydrogen) atoms. The Balaban J connectivity index is 1.76. The van der Waals surface area contributed by atoms with E-state index in [1.54, 1.807) is 28.8 Å². The molecular formula is C17H17N3O2S. The Morgan fingerprint density at radius 3 is 2.74 bits per heavy atom. The van der Waals surface area contributed by atoms with E-state index >= 15 is 0 Å². The van der Waals surface area contributed by atoms with Crippen molar-refractivity contribution in [1.82, 2.24) is 14.3 Å². The summed E-state index contributed by atoms with van der Waals surface area (Å²) < 4.78 is 27.7. The molecule has 4 rings (SSSR count). The maximum absolute atomic E-state index is 13.1. The van der Waals surface area contributed by atoms with Gasteiger partial charge in [-0.15, -0.1) is 0 Å². The fourth-order valence-electron chi connectivity index (χ4n) is 3.22. The lowest BCUT2D eigenvalue weighted by atomic mass is 10.1. The maximum atomic E-state index is 13.1. The van der Waals surface area contributed by atoms with Gasteiger partial charge < -0.3 is 4.98 Å². The third-order valence-corrected chi connectivity index (χ3v) is 6.27. The van der Waals surface area contributed by atoms with Crippen molar-refractivity contribution in [2.45, 2.75) is 23.8 Å². The van der Waals surface area contributed by atoms with Gasteiger partial charge >= 0.3 is 0 Å². The summed E-state index contributed by atoms with van der Waals surface area (Å²) in [5.74, 6) is 0.715. The molecular weight excluding hydrogens is 310 g/mol. The van der Waals surface area contributed by atoms with Gasteiger partial charge in [0.1, 0.15) is 5.82 Å². The second-order valence-electron chi connectivity index (χ2n) is 5.76. The van der Waals surface area contributed by atoms with Gasteiger partial charge in [0.2, 0.25) is 10.0 Å². The summed E-state index contributed by atoms with van der Waals surface area (Å²) in [6, 6.07) is 12.9. The van der Waals surface area contributed by atoms with E-state index in [0.717, 1.165) is 23.6 Å². The van der Waals surface area contributed by atoms with Crippen LogP contribution in [0, 0.1) is 0 Å². The Hall–Kier alpha value is -2.18. The van der Waals surface area contributed by atoms with Crippen molar-refractivity contribution in [2.24, 2.45) is 0 Å². The fourth-order valence-corrected chi connectivity index (χ4v) is 4.92. The van der Waals surface area contributed by atoms with Crippen LogP contribution < -0.4 is 0 Å². The first-order chi connectivity index (χ1) is 11.2. The minimum Gasteiger partial charge on any atom is -0.347 e. The summed E-state index contributed by atoms with van der Waals surface area (Å²) in [5.41, 5.74) is 0. The molecule has 3 aromatic rings. The van der Waals surface area contributed by atoms with Gasteiger partial charge in [-0.2, -0.15) is 4.31 Å². The van der Waals surface area contributed by atoms with Crippen LogP contribution in [0.25, 0.3) is 10.8 Å². The van der Waals surface area contributed by atoms with Gasteiger partial charge in [0.15, 0.2) is 0 Å². The van der Waals surface area contributed by atoms with Gasteiger partial charge in [-0.25, -0.2) is 13.4 Å². The minimum absolute atomic E-state index is 0.207. The number of hydrogen-bond acceptors (Lipinski definition) is 3. The van der Waals surface area contributed by atoms with Crippen LogP contribution in [0.2, 0.25) is 0 Å². The van der Waals surface area contributed by atoms with Crippen LogP contribution in [0.1, 0.15) is 24.7 Å². The number of sulfonamides is 1. The number of hydrogen-bond donors (Lipinski definition) is 1. The number of aromatic nitrogens is 2. The first-order valence-electron chi connectivity index (χ1n) is 7.66. The average molecular weight is 327 g/mol. The molecule has 0 radical (unpaired) electrons. The van der Waals surface area contributed by atoms with Crippen molar-refractivity contribution >= 4 is 20.8 Å². The van der Waals surface area contributed by atoms with E-state index < -0.39 is 10.0 Å². The van der Waals surface area contributed by atoms with E-state index in [4.69, 9.17) is 0 Å². The number of H-pyrrole nitrogens is 1. The van der Waals surface area contributed by atoms with Crippen molar-refractivity contribution in [3.63, 3.8) is 0 Å². The van der Waals surface area contributed by atoms with Crippen molar-refractivity contribution in [3.05, 3.63) is 60.7 Å². The zero-order valence-corrected chi connectivity index (χ0v) is 13.3. The molecule has 1 fully saturated rings. The van der Waals surface area contributed by atoms with E-state index in [9.17, 15) is 8.42 Å². The Morgan fingerprint density at radius 1 is 1.13 bits per heavy atom. The Labute approximate surface area is 135 Å². The molecule has 0 unspecified atom stereocenters. The van der Waals surface area contributed by atoms with Crippen LogP contribution in [-0.4, -0.2) is 29.2 Å². The molecule has 118 valence electrons. The van der Waals surface area contributed by atoms with Gasteiger partial charge in [-0.05, 0) is 35.7 Å². The highest BCUT2D eigenvalue weighted by Crippen LogP contribution is 2.35. The predicted octanol–water partition coefficient (Wildman–Crippen LogP) is 3.09. The average Bonchev–Trinajstić information content (AvgIpc) is 3.25. The lowest BCUT2D eigenvalue weighted by Crippen LogP contribution is -2.31. The predicted molar refractivity (Wildman–Crippen MR) is 88.4 cm³/mol. The number of aromatic amines is 1. The molecule has 1 saturated heterocycles. The van der Waals surface area contributed by atoms with E-state index in [0.29, 0.717) is 17.3 Å². The second-order valence-corrected chi connectivity index (χ2v) is 7.65. The van der Waals surface area contributed by atoms with Crippen LogP contribution in [0.3, 0.4) is 0 Å². The summed E-state index contributed by atoms with van der Waals surface area (Å²) in [6.07, 6.45) is 5.03. The topological polar surface area (TPSA) is 66.1 Å². The summed E-state index contributed by atoms with van der Waals surface area (Å²) in [7, 11) is -3.53. The molecule has 0 amide bonds. The normalized spacial score (nSPS) is 19.4. The second kappa shape index (κ2) is 5.47. The largest absolute Gasteiger partial charge is 0.347 e. The standard InChI is InChI=1S/C17H17N3O2S/c21-23(22,15-8-7-13-4-1-2-5-14(13)12-15)20-11-3-6-16(20)17-18-9-10-19-17/h1-2,4-5,7-10,12,16H,3,6,11H2,(H,18,19)/t16-/m1/s1. The Morgan fingerprint density at radius 2 is 1.96 bits per heavy atom. The summed E-state index contributed by atoms with van der Waals surface area (Å²) in [6.45, 7) is 0.528. The molecule has 0 aliphatic carbocycles. The van der Waals surface area contributed by atoms with Crippen LogP contribution in [0.15, 0.2) is 59.8 Å². The quantitative estimate of drug-likeness (QED) is 0.804. The lowest BCUT2D eigenvalue weighted by Gasteiger charge is -2.22. The van der Waals surface area contributed by atoms with Gasteiger partial charge in [-0.3, -0.25) is 0 Å². The highest BCUT2D eigenvalue weighted by Gasteiger charge is 2.37. The minimum atomic E-state index is -3.53. The van der Waals surface area contributed by atoms with Gasteiger partial charge in [-0.1, -0.05) is 30.3 Å². The van der Waals surface area contributed by atoms with Crippen LogP contribution >= 0.6 is 0 Å². The molecule has 1 aromatic heterocycles. The number of nitrogens with zero attached hydrogens (tertiary/aromatic N) is 2. The number of nitrogens with one attached hydrogen (secondary N) is 1. The molecule has 0 saturated carbocycles. The number of benzene rings is 2. The van der Waals surface area contributed by atoms with E-state index in [2.05, 4.69) is 9.97 Å². The first kappa shape index (κ1) is 14.4. The molecule has 6 heteroatoms. The molecule has 1 aliphatic heterocycles. The van der Waals surface area contributed by atoms with Crippen molar-refractivity contribution in [2.75, 3.05) is 6.54 Å².